The Morgan fingerprint density at radius 1 is 0.387 bits per heavy atom. The number of aromatic nitrogens is 1. The van der Waals surface area contributed by atoms with E-state index in [9.17, 15) is 0 Å². The number of rotatable bonds is 4. The van der Waals surface area contributed by atoms with Gasteiger partial charge in [-0.1, -0.05) is 109 Å². The van der Waals surface area contributed by atoms with Crippen LogP contribution in [-0.4, -0.2) is 4.98 Å². The molecule has 2 heteroatoms. The summed E-state index contributed by atoms with van der Waals surface area (Å²) in [6.07, 6.45) is 0. The van der Waals surface area contributed by atoms with Gasteiger partial charge in [0.25, 0.3) is 0 Å². The molecule has 0 amide bonds. The fourth-order valence-electron chi connectivity index (χ4n) is 3.71. The molecule has 5 aromatic rings. The smallest absolute Gasteiger partial charge is 0.0715 e. The predicted molar refractivity (Wildman–Crippen MR) is 131 cm³/mol. The van der Waals surface area contributed by atoms with E-state index in [-0.39, 0.29) is 0 Å². The van der Waals surface area contributed by atoms with Crippen LogP contribution in [0.25, 0.3) is 44.8 Å². The molecule has 0 aliphatic rings. The van der Waals surface area contributed by atoms with Crippen LogP contribution in [0.4, 0.5) is 0 Å². The largest absolute Gasteiger partial charge is 0.248 e. The van der Waals surface area contributed by atoms with E-state index in [0.717, 1.165) is 38.7 Å². The summed E-state index contributed by atoms with van der Waals surface area (Å²) in [5, 5.41) is 0.722. The van der Waals surface area contributed by atoms with Crippen LogP contribution in [0, 0.1) is 0 Å². The van der Waals surface area contributed by atoms with Gasteiger partial charge >= 0.3 is 0 Å². The number of hydrogen-bond donors (Lipinski definition) is 0. The van der Waals surface area contributed by atoms with E-state index in [0.29, 0.717) is 0 Å². The summed E-state index contributed by atoms with van der Waals surface area (Å²) in [4.78, 5) is 4.95. The summed E-state index contributed by atoms with van der Waals surface area (Å²) in [7, 11) is 0. The molecule has 1 aromatic heterocycles. The zero-order valence-electron chi connectivity index (χ0n) is 16.9. The first kappa shape index (κ1) is 19.3. The van der Waals surface area contributed by atoms with Crippen LogP contribution in [0.5, 0.6) is 0 Å². The summed E-state index contributed by atoms with van der Waals surface area (Å²) in [6, 6.07) is 41.6. The van der Waals surface area contributed by atoms with Crippen molar-refractivity contribution in [3.05, 3.63) is 126 Å². The van der Waals surface area contributed by atoms with Crippen molar-refractivity contribution in [2.24, 2.45) is 0 Å². The van der Waals surface area contributed by atoms with Crippen LogP contribution < -0.4 is 0 Å². The van der Waals surface area contributed by atoms with E-state index >= 15 is 0 Å². The highest BCUT2D eigenvalue weighted by atomic mass is 35.5. The van der Waals surface area contributed by atoms with Gasteiger partial charge in [0.05, 0.1) is 11.4 Å². The first-order valence-electron chi connectivity index (χ1n) is 10.3. The number of pyridine rings is 1. The van der Waals surface area contributed by atoms with Crippen molar-refractivity contribution in [2.75, 3.05) is 0 Å². The number of nitrogens with zero attached hydrogens (tertiary/aromatic N) is 1. The van der Waals surface area contributed by atoms with Gasteiger partial charge in [0, 0.05) is 16.1 Å². The average molecular weight is 418 g/mol. The van der Waals surface area contributed by atoms with Crippen LogP contribution >= 0.6 is 11.6 Å². The van der Waals surface area contributed by atoms with Gasteiger partial charge in [-0.15, -0.1) is 0 Å². The lowest BCUT2D eigenvalue weighted by Crippen LogP contribution is -1.91. The normalized spacial score (nSPS) is 10.7. The van der Waals surface area contributed by atoms with E-state index < -0.39 is 0 Å². The fraction of sp³-hybridized carbons (Fsp3) is 0. The Bertz CT molecular complexity index is 1290. The molecular formula is C29H20ClN. The highest BCUT2D eigenvalue weighted by Crippen LogP contribution is 2.32. The maximum Gasteiger partial charge on any atom is 0.0715 e. The van der Waals surface area contributed by atoms with Gasteiger partial charge in [-0.3, -0.25) is 0 Å². The lowest BCUT2D eigenvalue weighted by molar-refractivity contribution is 1.32. The maximum absolute atomic E-state index is 6.10. The molecular weight excluding hydrogens is 398 g/mol. The Labute approximate surface area is 187 Å². The van der Waals surface area contributed by atoms with E-state index in [2.05, 4.69) is 72.8 Å². The van der Waals surface area contributed by atoms with E-state index in [1.54, 1.807) is 0 Å². The number of halogens is 1. The molecule has 0 saturated heterocycles. The van der Waals surface area contributed by atoms with Crippen LogP contribution in [0.1, 0.15) is 0 Å². The zero-order chi connectivity index (χ0) is 21.0. The molecule has 0 bridgehead atoms. The molecule has 148 valence electrons. The van der Waals surface area contributed by atoms with Crippen molar-refractivity contribution in [1.29, 1.82) is 0 Å². The Balaban J connectivity index is 1.60. The second-order valence-electron chi connectivity index (χ2n) is 7.44. The quantitative estimate of drug-likeness (QED) is 0.286. The highest BCUT2D eigenvalue weighted by molar-refractivity contribution is 6.30. The molecule has 0 fully saturated rings. The van der Waals surface area contributed by atoms with Crippen LogP contribution in [-0.2, 0) is 0 Å². The molecule has 0 aliphatic carbocycles. The van der Waals surface area contributed by atoms with Crippen molar-refractivity contribution in [1.82, 2.24) is 4.98 Å². The lowest BCUT2D eigenvalue weighted by atomic mass is 9.97. The second-order valence-corrected chi connectivity index (χ2v) is 7.88. The minimum absolute atomic E-state index is 0.722. The Morgan fingerprint density at radius 3 is 1.32 bits per heavy atom. The number of benzene rings is 4. The highest BCUT2D eigenvalue weighted by Gasteiger charge is 2.09. The van der Waals surface area contributed by atoms with Crippen molar-refractivity contribution in [2.45, 2.75) is 0 Å². The topological polar surface area (TPSA) is 12.9 Å². The van der Waals surface area contributed by atoms with Crippen molar-refractivity contribution >= 4 is 11.6 Å². The van der Waals surface area contributed by atoms with Gasteiger partial charge in [-0.2, -0.15) is 0 Å². The van der Waals surface area contributed by atoms with Gasteiger partial charge in [0.2, 0.25) is 0 Å². The van der Waals surface area contributed by atoms with Crippen molar-refractivity contribution in [3.8, 4) is 44.8 Å². The van der Waals surface area contributed by atoms with Crippen LogP contribution in [0.15, 0.2) is 121 Å². The van der Waals surface area contributed by atoms with Gasteiger partial charge < -0.3 is 0 Å². The third-order valence-electron chi connectivity index (χ3n) is 5.36. The minimum Gasteiger partial charge on any atom is -0.248 e. The monoisotopic (exact) mass is 417 g/mol. The Hall–Kier alpha value is -3.68. The minimum atomic E-state index is 0.722. The molecule has 1 heterocycles. The van der Waals surface area contributed by atoms with Crippen molar-refractivity contribution in [3.63, 3.8) is 0 Å². The SMILES string of the molecule is Clc1ccc(-c2cc(-c3ccc(-c4ccccc4)cc3)cc(-c3ccccc3)n2)cc1. The van der Waals surface area contributed by atoms with Gasteiger partial charge in [-0.25, -0.2) is 4.98 Å². The summed E-state index contributed by atoms with van der Waals surface area (Å²) in [5.74, 6) is 0. The predicted octanol–water partition coefficient (Wildman–Crippen LogP) is 8.40. The second kappa shape index (κ2) is 8.59. The third kappa shape index (κ3) is 4.28. The summed E-state index contributed by atoms with van der Waals surface area (Å²) in [6.45, 7) is 0. The molecule has 1 nitrogen and oxygen atoms in total. The third-order valence-corrected chi connectivity index (χ3v) is 5.61. The summed E-state index contributed by atoms with van der Waals surface area (Å²) < 4.78 is 0. The zero-order valence-corrected chi connectivity index (χ0v) is 17.6. The fourth-order valence-corrected chi connectivity index (χ4v) is 3.83. The average Bonchev–Trinajstić information content (AvgIpc) is 2.85. The summed E-state index contributed by atoms with van der Waals surface area (Å²) >= 11 is 6.10. The molecule has 0 radical (unpaired) electrons. The van der Waals surface area contributed by atoms with Crippen LogP contribution in [0.2, 0.25) is 5.02 Å². The first-order chi connectivity index (χ1) is 15.3. The molecule has 0 saturated carbocycles. The standard InChI is InChI=1S/C29H20ClN/c30-27-17-15-25(16-18-27)29-20-26(19-28(31-29)24-9-5-2-6-10-24)23-13-11-22(12-14-23)21-7-3-1-4-8-21/h1-20H. The van der Waals surface area contributed by atoms with E-state index in [1.165, 1.54) is 11.1 Å². The van der Waals surface area contributed by atoms with E-state index in [4.69, 9.17) is 16.6 Å². The summed E-state index contributed by atoms with van der Waals surface area (Å²) in [5.41, 5.74) is 8.75. The number of hydrogen-bond acceptors (Lipinski definition) is 1. The van der Waals surface area contributed by atoms with Crippen LogP contribution in [0.3, 0.4) is 0 Å². The van der Waals surface area contributed by atoms with Gasteiger partial charge in [-0.05, 0) is 46.5 Å². The van der Waals surface area contributed by atoms with Gasteiger partial charge in [0.1, 0.15) is 0 Å². The Kier molecular flexibility index (Phi) is 5.35. The maximum atomic E-state index is 6.10. The molecule has 0 aliphatic heterocycles. The van der Waals surface area contributed by atoms with Gasteiger partial charge in [0.15, 0.2) is 0 Å². The Morgan fingerprint density at radius 2 is 0.774 bits per heavy atom. The molecule has 0 unspecified atom stereocenters. The lowest BCUT2D eigenvalue weighted by Gasteiger charge is -2.11. The molecule has 0 atom stereocenters. The molecule has 0 N–H and O–H groups in total. The molecule has 31 heavy (non-hydrogen) atoms. The van der Waals surface area contributed by atoms with E-state index in [1.807, 2.05) is 48.5 Å². The molecule has 0 spiro atoms. The molecule has 5 rings (SSSR count). The first-order valence-corrected chi connectivity index (χ1v) is 10.6. The molecule has 4 aromatic carbocycles. The van der Waals surface area contributed by atoms with Crippen molar-refractivity contribution < 1.29 is 0 Å².